The first-order chi connectivity index (χ1) is 14.1. The summed E-state index contributed by atoms with van der Waals surface area (Å²) in [5.41, 5.74) is 1.11. The molecule has 0 aliphatic heterocycles. The number of para-hydroxylation sites is 3. The van der Waals surface area contributed by atoms with Crippen molar-refractivity contribution in [1.82, 2.24) is 0 Å². The Morgan fingerprint density at radius 2 is 1.59 bits per heavy atom. The van der Waals surface area contributed by atoms with Crippen LogP contribution in [-0.2, 0) is 9.59 Å². The average molecular weight is 390 g/mol. The summed E-state index contributed by atoms with van der Waals surface area (Å²) in [5, 5.41) is 2.83. The number of hydrogen-bond donors (Lipinski definition) is 1. The van der Waals surface area contributed by atoms with Crippen molar-refractivity contribution in [2.75, 3.05) is 23.9 Å². The molecule has 2 amide bonds. The maximum absolute atomic E-state index is 12.7. The van der Waals surface area contributed by atoms with E-state index in [2.05, 4.69) is 5.32 Å². The third-order valence-electron chi connectivity index (χ3n) is 4.18. The van der Waals surface area contributed by atoms with Crippen LogP contribution in [0.2, 0.25) is 0 Å². The molecule has 0 atom stereocenters. The van der Waals surface area contributed by atoms with E-state index in [1.165, 1.54) is 11.8 Å². The maximum Gasteiger partial charge on any atom is 0.244 e. The molecule has 6 nitrogen and oxygen atoms in total. The van der Waals surface area contributed by atoms with Gasteiger partial charge < -0.3 is 19.7 Å². The smallest absolute Gasteiger partial charge is 0.244 e. The predicted molar refractivity (Wildman–Crippen MR) is 113 cm³/mol. The number of benzene rings is 3. The van der Waals surface area contributed by atoms with Gasteiger partial charge >= 0.3 is 0 Å². The molecule has 0 bridgehead atoms. The lowest BCUT2D eigenvalue weighted by molar-refractivity contribution is -0.120. The van der Waals surface area contributed by atoms with Crippen molar-refractivity contribution >= 4 is 23.2 Å². The van der Waals surface area contributed by atoms with E-state index in [1.807, 2.05) is 36.4 Å². The zero-order valence-electron chi connectivity index (χ0n) is 16.3. The van der Waals surface area contributed by atoms with Crippen molar-refractivity contribution in [2.24, 2.45) is 0 Å². The third kappa shape index (κ3) is 5.35. The minimum atomic E-state index is -0.341. The first kappa shape index (κ1) is 19.9. The molecule has 3 aromatic rings. The summed E-state index contributed by atoms with van der Waals surface area (Å²) in [7, 11) is 1.55. The Morgan fingerprint density at radius 1 is 0.897 bits per heavy atom. The predicted octanol–water partition coefficient (Wildman–Crippen LogP) is 4.48. The standard InChI is InChI=1S/C23H22N2O4/c1-17(26)25(18-9-8-12-20(15-18)28-2)16-23(27)24-21-13-6-7-14-22(21)29-19-10-4-3-5-11-19/h3-15H,16H2,1-2H3,(H,24,27). The number of nitrogens with zero attached hydrogens (tertiary/aromatic N) is 1. The summed E-state index contributed by atoms with van der Waals surface area (Å²) < 4.78 is 11.1. The van der Waals surface area contributed by atoms with Crippen molar-refractivity contribution in [3.8, 4) is 17.2 Å². The van der Waals surface area contributed by atoms with Gasteiger partial charge in [0.05, 0.1) is 12.8 Å². The molecule has 0 aliphatic rings. The summed E-state index contributed by atoms with van der Waals surface area (Å²) in [6, 6.07) is 23.5. The van der Waals surface area contributed by atoms with Gasteiger partial charge in [0, 0.05) is 18.7 Å². The van der Waals surface area contributed by atoms with Crippen molar-refractivity contribution in [3.63, 3.8) is 0 Å². The number of rotatable bonds is 7. The van der Waals surface area contributed by atoms with Crippen LogP contribution < -0.4 is 19.7 Å². The second-order valence-corrected chi connectivity index (χ2v) is 6.27. The molecular formula is C23H22N2O4. The highest BCUT2D eigenvalue weighted by Gasteiger charge is 2.17. The molecule has 0 fully saturated rings. The third-order valence-corrected chi connectivity index (χ3v) is 4.18. The fourth-order valence-corrected chi connectivity index (χ4v) is 2.77. The second-order valence-electron chi connectivity index (χ2n) is 6.27. The number of anilines is 2. The molecule has 0 heterocycles. The molecule has 6 heteroatoms. The van der Waals surface area contributed by atoms with Crippen LogP contribution in [0.1, 0.15) is 6.92 Å². The van der Waals surface area contributed by atoms with Crippen LogP contribution in [0.15, 0.2) is 78.9 Å². The molecule has 0 aromatic heterocycles. The fourth-order valence-electron chi connectivity index (χ4n) is 2.77. The molecule has 3 rings (SSSR count). The summed E-state index contributed by atoms with van der Waals surface area (Å²) in [5.74, 6) is 1.20. The van der Waals surface area contributed by atoms with Gasteiger partial charge in [-0.15, -0.1) is 0 Å². The van der Waals surface area contributed by atoms with E-state index < -0.39 is 0 Å². The first-order valence-corrected chi connectivity index (χ1v) is 9.11. The van der Waals surface area contributed by atoms with Gasteiger partial charge in [-0.2, -0.15) is 0 Å². The Kier molecular flexibility index (Phi) is 6.47. The van der Waals surface area contributed by atoms with Crippen LogP contribution in [0.5, 0.6) is 17.2 Å². The number of nitrogens with one attached hydrogen (secondary N) is 1. The van der Waals surface area contributed by atoms with Crippen LogP contribution >= 0.6 is 0 Å². The van der Waals surface area contributed by atoms with Crippen LogP contribution in [0.4, 0.5) is 11.4 Å². The summed E-state index contributed by atoms with van der Waals surface area (Å²) in [6.07, 6.45) is 0. The lowest BCUT2D eigenvalue weighted by Gasteiger charge is -2.21. The van der Waals surface area contributed by atoms with Crippen LogP contribution in [0.25, 0.3) is 0 Å². The van der Waals surface area contributed by atoms with E-state index in [-0.39, 0.29) is 18.4 Å². The number of amides is 2. The summed E-state index contributed by atoms with van der Waals surface area (Å²) in [4.78, 5) is 26.2. The summed E-state index contributed by atoms with van der Waals surface area (Å²) in [6.45, 7) is 1.28. The molecule has 0 aliphatic carbocycles. The Bertz CT molecular complexity index is 989. The van der Waals surface area contributed by atoms with Gasteiger partial charge in [0.1, 0.15) is 18.0 Å². The zero-order chi connectivity index (χ0) is 20.6. The highest BCUT2D eigenvalue weighted by atomic mass is 16.5. The van der Waals surface area contributed by atoms with Crippen molar-refractivity contribution in [2.45, 2.75) is 6.92 Å². The van der Waals surface area contributed by atoms with E-state index in [1.54, 1.807) is 49.6 Å². The first-order valence-electron chi connectivity index (χ1n) is 9.11. The lowest BCUT2D eigenvalue weighted by Crippen LogP contribution is -2.36. The van der Waals surface area contributed by atoms with Gasteiger partial charge in [0.25, 0.3) is 0 Å². The van der Waals surface area contributed by atoms with Gasteiger partial charge in [0.2, 0.25) is 11.8 Å². The molecule has 0 radical (unpaired) electrons. The molecule has 0 unspecified atom stereocenters. The quantitative estimate of drug-likeness (QED) is 0.646. The van der Waals surface area contributed by atoms with E-state index in [0.717, 1.165) is 0 Å². The molecule has 1 N–H and O–H groups in total. The van der Waals surface area contributed by atoms with Crippen molar-refractivity contribution in [3.05, 3.63) is 78.9 Å². The minimum absolute atomic E-state index is 0.137. The van der Waals surface area contributed by atoms with Gasteiger partial charge in [-0.05, 0) is 36.4 Å². The largest absolute Gasteiger partial charge is 0.497 e. The number of hydrogen-bond acceptors (Lipinski definition) is 4. The zero-order valence-corrected chi connectivity index (χ0v) is 16.3. The second kappa shape index (κ2) is 9.41. The molecule has 0 saturated heterocycles. The highest BCUT2D eigenvalue weighted by Crippen LogP contribution is 2.29. The molecule has 29 heavy (non-hydrogen) atoms. The molecule has 0 saturated carbocycles. The Labute approximate surface area is 169 Å². The fraction of sp³-hybridized carbons (Fsp3) is 0.130. The van der Waals surface area contributed by atoms with Crippen molar-refractivity contribution in [1.29, 1.82) is 0 Å². The minimum Gasteiger partial charge on any atom is -0.497 e. The average Bonchev–Trinajstić information content (AvgIpc) is 2.74. The van der Waals surface area contributed by atoms with E-state index in [0.29, 0.717) is 28.6 Å². The van der Waals surface area contributed by atoms with E-state index >= 15 is 0 Å². The topological polar surface area (TPSA) is 67.9 Å². The Balaban J connectivity index is 1.75. The van der Waals surface area contributed by atoms with Crippen molar-refractivity contribution < 1.29 is 19.1 Å². The summed E-state index contributed by atoms with van der Waals surface area (Å²) >= 11 is 0. The molecule has 0 spiro atoms. The van der Waals surface area contributed by atoms with Gasteiger partial charge in [-0.3, -0.25) is 9.59 Å². The highest BCUT2D eigenvalue weighted by molar-refractivity contribution is 6.02. The normalized spacial score (nSPS) is 10.1. The van der Waals surface area contributed by atoms with Gasteiger partial charge in [-0.25, -0.2) is 0 Å². The number of ether oxygens (including phenoxy) is 2. The number of carbonyl (C=O) groups excluding carboxylic acids is 2. The van der Waals surface area contributed by atoms with Gasteiger partial charge in [-0.1, -0.05) is 36.4 Å². The molecular weight excluding hydrogens is 368 g/mol. The van der Waals surface area contributed by atoms with E-state index in [9.17, 15) is 9.59 Å². The Morgan fingerprint density at radius 3 is 2.31 bits per heavy atom. The van der Waals surface area contributed by atoms with Gasteiger partial charge in [0.15, 0.2) is 5.75 Å². The van der Waals surface area contributed by atoms with Crippen LogP contribution in [-0.4, -0.2) is 25.5 Å². The number of carbonyl (C=O) groups is 2. The molecule has 148 valence electrons. The SMILES string of the molecule is COc1cccc(N(CC(=O)Nc2ccccc2Oc2ccccc2)C(C)=O)c1. The monoisotopic (exact) mass is 390 g/mol. The molecule has 3 aromatic carbocycles. The number of methoxy groups -OCH3 is 1. The Hall–Kier alpha value is -3.80. The van der Waals surface area contributed by atoms with E-state index in [4.69, 9.17) is 9.47 Å². The maximum atomic E-state index is 12.7. The lowest BCUT2D eigenvalue weighted by atomic mass is 10.2. The van der Waals surface area contributed by atoms with Crippen LogP contribution in [0.3, 0.4) is 0 Å². The van der Waals surface area contributed by atoms with Crippen LogP contribution in [0, 0.1) is 0 Å².